The molecular weight excluding hydrogens is 297 g/mol. The summed E-state index contributed by atoms with van der Waals surface area (Å²) in [4.78, 5) is 10.2. The summed E-state index contributed by atoms with van der Waals surface area (Å²) < 4.78 is 0. The molecular formula is C15H13Cl2NO2. The molecule has 1 unspecified atom stereocenters. The highest BCUT2D eigenvalue weighted by molar-refractivity contribution is 6.33. The van der Waals surface area contributed by atoms with Gasteiger partial charge in [0.15, 0.2) is 0 Å². The van der Waals surface area contributed by atoms with Crippen LogP contribution in [0.2, 0.25) is 5.02 Å². The smallest absolute Gasteiger partial charge is 0.258 e. The lowest BCUT2D eigenvalue weighted by molar-refractivity contribution is -0.384. The van der Waals surface area contributed by atoms with Crippen LogP contribution in [0, 0.1) is 17.0 Å². The molecule has 0 aliphatic rings. The van der Waals surface area contributed by atoms with Crippen LogP contribution >= 0.6 is 23.2 Å². The molecule has 0 saturated heterocycles. The van der Waals surface area contributed by atoms with Gasteiger partial charge in [-0.2, -0.15) is 0 Å². The molecule has 0 saturated carbocycles. The fraction of sp³-hybridized carbons (Fsp3) is 0.200. The van der Waals surface area contributed by atoms with Crippen LogP contribution in [0.5, 0.6) is 0 Å². The van der Waals surface area contributed by atoms with Crippen molar-refractivity contribution in [2.45, 2.75) is 18.7 Å². The Hall–Kier alpha value is -1.58. The molecule has 0 heterocycles. The summed E-state index contributed by atoms with van der Waals surface area (Å²) >= 11 is 12.6. The van der Waals surface area contributed by atoms with Crippen LogP contribution in [0.4, 0.5) is 5.69 Å². The molecule has 0 aliphatic carbocycles. The highest BCUT2D eigenvalue weighted by Gasteiger charge is 2.14. The predicted molar refractivity (Wildman–Crippen MR) is 81.6 cm³/mol. The number of hydrogen-bond acceptors (Lipinski definition) is 2. The van der Waals surface area contributed by atoms with Gasteiger partial charge in [-0.25, -0.2) is 0 Å². The Kier molecular flexibility index (Phi) is 4.63. The van der Waals surface area contributed by atoms with Crippen molar-refractivity contribution in [3.8, 4) is 0 Å². The van der Waals surface area contributed by atoms with Gasteiger partial charge in [0.2, 0.25) is 0 Å². The van der Waals surface area contributed by atoms with E-state index in [1.807, 2.05) is 25.1 Å². The van der Waals surface area contributed by atoms with Crippen LogP contribution in [0.25, 0.3) is 0 Å². The number of aryl methyl sites for hydroxylation is 1. The summed E-state index contributed by atoms with van der Waals surface area (Å²) in [5.74, 6) is 0. The highest BCUT2D eigenvalue weighted by atomic mass is 35.5. The van der Waals surface area contributed by atoms with Crippen LogP contribution in [-0.2, 0) is 6.42 Å². The van der Waals surface area contributed by atoms with Crippen LogP contribution < -0.4 is 0 Å². The number of nitrogens with zero attached hydrogens (tertiary/aromatic N) is 1. The van der Waals surface area contributed by atoms with E-state index in [0.717, 1.165) is 16.7 Å². The van der Waals surface area contributed by atoms with Gasteiger partial charge in [-0.3, -0.25) is 10.1 Å². The van der Waals surface area contributed by atoms with Gasteiger partial charge in [-0.05, 0) is 30.0 Å². The van der Waals surface area contributed by atoms with Crippen LogP contribution in [0.1, 0.15) is 22.1 Å². The van der Waals surface area contributed by atoms with Crippen molar-refractivity contribution >= 4 is 28.9 Å². The van der Waals surface area contributed by atoms with Crippen LogP contribution in [0.3, 0.4) is 0 Å². The molecule has 5 heteroatoms. The maximum atomic E-state index is 10.6. The molecule has 0 amide bonds. The molecule has 0 spiro atoms. The van der Waals surface area contributed by atoms with E-state index in [1.165, 1.54) is 12.1 Å². The Morgan fingerprint density at radius 3 is 2.45 bits per heavy atom. The lowest BCUT2D eigenvalue weighted by Crippen LogP contribution is -1.98. The molecule has 0 fully saturated rings. The predicted octanol–water partition coefficient (Wildman–Crippen LogP) is 5.08. The molecule has 0 bridgehead atoms. The SMILES string of the molecule is Cc1cccc(C(Cl)Cc2ccc([N+](=O)[O-])cc2)c1Cl. The second-order valence-electron chi connectivity index (χ2n) is 4.57. The number of nitro benzene ring substituents is 1. The van der Waals surface area contributed by atoms with Crippen molar-refractivity contribution in [3.05, 3.63) is 74.3 Å². The zero-order chi connectivity index (χ0) is 14.7. The molecule has 0 radical (unpaired) electrons. The Bertz CT molecular complexity index is 626. The van der Waals surface area contributed by atoms with Crippen molar-refractivity contribution in [1.82, 2.24) is 0 Å². The number of alkyl halides is 1. The summed E-state index contributed by atoms with van der Waals surface area (Å²) in [5, 5.41) is 11.0. The summed E-state index contributed by atoms with van der Waals surface area (Å²) in [6.07, 6.45) is 0.572. The number of nitro groups is 1. The van der Waals surface area contributed by atoms with Gasteiger partial charge >= 0.3 is 0 Å². The number of benzene rings is 2. The molecule has 2 aromatic carbocycles. The lowest BCUT2D eigenvalue weighted by Gasteiger charge is -2.13. The molecule has 2 rings (SSSR count). The van der Waals surface area contributed by atoms with Gasteiger partial charge in [-0.1, -0.05) is 41.9 Å². The van der Waals surface area contributed by atoms with E-state index in [-0.39, 0.29) is 11.1 Å². The molecule has 0 N–H and O–H groups in total. The molecule has 104 valence electrons. The van der Waals surface area contributed by atoms with Gasteiger partial charge in [0.05, 0.1) is 10.3 Å². The van der Waals surface area contributed by atoms with Crippen LogP contribution in [0.15, 0.2) is 42.5 Å². The minimum atomic E-state index is -0.417. The maximum Gasteiger partial charge on any atom is 0.269 e. The fourth-order valence-corrected chi connectivity index (χ4v) is 2.66. The Morgan fingerprint density at radius 1 is 1.20 bits per heavy atom. The third-order valence-corrected chi connectivity index (χ3v) is 4.03. The fourth-order valence-electron chi connectivity index (χ4n) is 1.98. The number of halogens is 2. The quantitative estimate of drug-likeness (QED) is 0.449. The van der Waals surface area contributed by atoms with Crippen molar-refractivity contribution in [3.63, 3.8) is 0 Å². The van der Waals surface area contributed by atoms with E-state index >= 15 is 0 Å². The Balaban J connectivity index is 2.17. The van der Waals surface area contributed by atoms with Crippen molar-refractivity contribution < 1.29 is 4.92 Å². The van der Waals surface area contributed by atoms with E-state index in [9.17, 15) is 10.1 Å². The first-order valence-corrected chi connectivity index (χ1v) is 6.93. The normalized spacial score (nSPS) is 12.2. The van der Waals surface area contributed by atoms with Gasteiger partial charge in [0.25, 0.3) is 5.69 Å². The second kappa shape index (κ2) is 6.25. The van der Waals surface area contributed by atoms with Crippen molar-refractivity contribution in [2.24, 2.45) is 0 Å². The van der Waals surface area contributed by atoms with Gasteiger partial charge < -0.3 is 0 Å². The average molecular weight is 310 g/mol. The Labute approximate surface area is 127 Å². The summed E-state index contributed by atoms with van der Waals surface area (Å²) in [6, 6.07) is 12.2. The van der Waals surface area contributed by atoms with Gasteiger partial charge in [0.1, 0.15) is 0 Å². The minimum Gasteiger partial charge on any atom is -0.258 e. The number of non-ortho nitro benzene ring substituents is 1. The first kappa shape index (κ1) is 14.8. The lowest BCUT2D eigenvalue weighted by atomic mass is 10.0. The maximum absolute atomic E-state index is 10.6. The number of rotatable bonds is 4. The third kappa shape index (κ3) is 3.30. The Morgan fingerprint density at radius 2 is 1.85 bits per heavy atom. The van der Waals surface area contributed by atoms with Crippen LogP contribution in [-0.4, -0.2) is 4.92 Å². The first-order chi connectivity index (χ1) is 9.49. The molecule has 2 aromatic rings. The van der Waals surface area contributed by atoms with Gasteiger partial charge in [0, 0.05) is 17.2 Å². The zero-order valence-corrected chi connectivity index (χ0v) is 12.4. The molecule has 0 aliphatic heterocycles. The highest BCUT2D eigenvalue weighted by Crippen LogP contribution is 2.32. The van der Waals surface area contributed by atoms with E-state index in [4.69, 9.17) is 23.2 Å². The second-order valence-corrected chi connectivity index (χ2v) is 5.48. The molecule has 1 atom stereocenters. The van der Waals surface area contributed by atoms with Crippen molar-refractivity contribution in [1.29, 1.82) is 0 Å². The average Bonchev–Trinajstić information content (AvgIpc) is 2.42. The monoisotopic (exact) mass is 309 g/mol. The number of hydrogen-bond donors (Lipinski definition) is 0. The molecule has 3 nitrogen and oxygen atoms in total. The molecule has 0 aromatic heterocycles. The van der Waals surface area contributed by atoms with E-state index in [0.29, 0.717) is 11.4 Å². The van der Waals surface area contributed by atoms with E-state index < -0.39 is 4.92 Å². The zero-order valence-electron chi connectivity index (χ0n) is 10.8. The van der Waals surface area contributed by atoms with E-state index in [2.05, 4.69) is 0 Å². The van der Waals surface area contributed by atoms with E-state index in [1.54, 1.807) is 12.1 Å². The first-order valence-electron chi connectivity index (χ1n) is 6.11. The largest absolute Gasteiger partial charge is 0.269 e. The standard InChI is InChI=1S/C15H13Cl2NO2/c1-10-3-2-4-13(15(10)17)14(16)9-11-5-7-12(8-6-11)18(19)20/h2-8,14H,9H2,1H3. The minimum absolute atomic E-state index is 0.0773. The summed E-state index contributed by atoms with van der Waals surface area (Å²) in [5.41, 5.74) is 2.88. The third-order valence-electron chi connectivity index (χ3n) is 3.12. The summed E-state index contributed by atoms with van der Waals surface area (Å²) in [6.45, 7) is 1.93. The van der Waals surface area contributed by atoms with Crippen molar-refractivity contribution in [2.75, 3.05) is 0 Å². The topological polar surface area (TPSA) is 43.1 Å². The molecule has 20 heavy (non-hydrogen) atoms. The summed E-state index contributed by atoms with van der Waals surface area (Å²) in [7, 11) is 0. The van der Waals surface area contributed by atoms with Gasteiger partial charge in [-0.15, -0.1) is 11.6 Å².